The quantitative estimate of drug-likeness (QED) is 0.525. The van der Waals surface area contributed by atoms with Gasteiger partial charge in [0.2, 0.25) is 0 Å². The van der Waals surface area contributed by atoms with Crippen molar-refractivity contribution >= 4 is 0 Å². The summed E-state index contributed by atoms with van der Waals surface area (Å²) in [4.78, 5) is 0. The summed E-state index contributed by atoms with van der Waals surface area (Å²) in [7, 11) is 0. The summed E-state index contributed by atoms with van der Waals surface area (Å²) in [5.74, 6) is 5.59. The van der Waals surface area contributed by atoms with Crippen molar-refractivity contribution in [2.75, 3.05) is 0 Å². The molecule has 0 aromatic carbocycles. The van der Waals surface area contributed by atoms with Crippen molar-refractivity contribution in [1.82, 2.24) is 0 Å². The summed E-state index contributed by atoms with van der Waals surface area (Å²) in [5.41, 5.74) is 1.45. The molecule has 0 aromatic heterocycles. The van der Waals surface area contributed by atoms with Gasteiger partial charge in [-0.05, 0) is 118 Å². The third-order valence-corrected chi connectivity index (χ3v) is 10.2. The molecule has 4 aliphatic rings. The number of hydrogen-bond donors (Lipinski definition) is 2. The minimum Gasteiger partial charge on any atom is -0.393 e. The Balaban J connectivity index is 1.44. The van der Waals surface area contributed by atoms with Crippen LogP contribution in [0.2, 0.25) is 0 Å². The molecule has 0 bridgehead atoms. The highest BCUT2D eigenvalue weighted by Crippen LogP contribution is 2.63. The summed E-state index contributed by atoms with van der Waals surface area (Å²) in [6.07, 6.45) is 14.6. The molecule has 9 atom stereocenters. The van der Waals surface area contributed by atoms with Gasteiger partial charge in [-0.15, -0.1) is 0 Å². The van der Waals surface area contributed by atoms with Crippen molar-refractivity contribution < 1.29 is 10.2 Å². The van der Waals surface area contributed by atoms with Crippen molar-refractivity contribution in [1.29, 1.82) is 0 Å². The molecule has 0 saturated heterocycles. The van der Waals surface area contributed by atoms with E-state index in [9.17, 15) is 10.2 Å². The lowest BCUT2D eigenvalue weighted by atomic mass is 9.49. The second-order valence-corrected chi connectivity index (χ2v) is 12.3. The third-order valence-electron chi connectivity index (χ3n) is 10.2. The van der Waals surface area contributed by atoms with Crippen molar-refractivity contribution in [2.45, 2.75) is 111 Å². The number of allylic oxidation sites excluding steroid dienone is 1. The molecular formula is C27H46O2. The van der Waals surface area contributed by atoms with Gasteiger partial charge in [0, 0.05) is 0 Å². The molecule has 0 spiro atoms. The molecule has 2 heteroatoms. The van der Waals surface area contributed by atoms with E-state index in [0.717, 1.165) is 54.8 Å². The van der Waals surface area contributed by atoms with Crippen LogP contribution >= 0.6 is 0 Å². The molecular weight excluding hydrogens is 356 g/mol. The van der Waals surface area contributed by atoms with Gasteiger partial charge in [0.05, 0.1) is 11.7 Å². The van der Waals surface area contributed by atoms with Crippen LogP contribution in [0.3, 0.4) is 0 Å². The second-order valence-electron chi connectivity index (χ2n) is 12.3. The van der Waals surface area contributed by atoms with Crippen LogP contribution in [-0.4, -0.2) is 21.9 Å². The van der Waals surface area contributed by atoms with Crippen molar-refractivity contribution in [3.05, 3.63) is 11.6 Å². The zero-order chi connectivity index (χ0) is 21.0. The molecule has 3 saturated carbocycles. The van der Waals surface area contributed by atoms with Gasteiger partial charge in [0.25, 0.3) is 0 Å². The van der Waals surface area contributed by atoms with E-state index < -0.39 is 5.60 Å². The van der Waals surface area contributed by atoms with E-state index in [0.29, 0.717) is 11.3 Å². The molecule has 29 heavy (non-hydrogen) atoms. The smallest absolute Gasteiger partial charge is 0.0657 e. The van der Waals surface area contributed by atoms with Crippen LogP contribution in [0.4, 0.5) is 0 Å². The minimum atomic E-state index is -0.482. The van der Waals surface area contributed by atoms with E-state index in [1.807, 2.05) is 6.92 Å². The van der Waals surface area contributed by atoms with E-state index in [2.05, 4.69) is 33.8 Å². The molecule has 0 heterocycles. The normalized spacial score (nSPS) is 46.5. The van der Waals surface area contributed by atoms with E-state index >= 15 is 0 Å². The zero-order valence-electron chi connectivity index (χ0n) is 19.7. The molecule has 0 radical (unpaired) electrons. The summed E-state index contributed by atoms with van der Waals surface area (Å²) >= 11 is 0. The van der Waals surface area contributed by atoms with Crippen molar-refractivity contribution in [3.8, 4) is 0 Å². The van der Waals surface area contributed by atoms with Gasteiger partial charge in [-0.25, -0.2) is 0 Å². The Morgan fingerprint density at radius 2 is 1.69 bits per heavy atom. The van der Waals surface area contributed by atoms with Crippen LogP contribution in [0.1, 0.15) is 98.8 Å². The first-order chi connectivity index (χ1) is 13.6. The Morgan fingerprint density at radius 3 is 2.41 bits per heavy atom. The number of aliphatic hydroxyl groups is 2. The standard InChI is InChI=1S/C27H46O2/c1-17(2)25(28)13-6-18(3)20-9-10-22-21(20)11-12-24-23(22)8-7-19-16-26(4,29)14-15-27(19,24)5/h7,17-18,20-25,28-29H,6,8-16H2,1-5H3/t18-,20-,21-,22-,23+,24+,25+,26+,27+/m1/s1. The van der Waals surface area contributed by atoms with Crippen LogP contribution in [-0.2, 0) is 0 Å². The van der Waals surface area contributed by atoms with Crippen LogP contribution < -0.4 is 0 Å². The van der Waals surface area contributed by atoms with Gasteiger partial charge in [0.1, 0.15) is 0 Å². The maximum Gasteiger partial charge on any atom is 0.0657 e. The highest BCUT2D eigenvalue weighted by atomic mass is 16.3. The van der Waals surface area contributed by atoms with Gasteiger partial charge in [-0.3, -0.25) is 0 Å². The van der Waals surface area contributed by atoms with Gasteiger partial charge in [-0.1, -0.05) is 39.3 Å². The Bertz CT molecular complexity index is 620. The number of aliphatic hydroxyl groups excluding tert-OH is 1. The lowest BCUT2D eigenvalue weighted by Gasteiger charge is -2.56. The van der Waals surface area contributed by atoms with Gasteiger partial charge >= 0.3 is 0 Å². The van der Waals surface area contributed by atoms with E-state index in [1.165, 1.54) is 44.9 Å². The molecule has 166 valence electrons. The van der Waals surface area contributed by atoms with Crippen LogP contribution in [0.25, 0.3) is 0 Å². The molecule has 2 nitrogen and oxygen atoms in total. The Hall–Kier alpha value is -0.340. The molecule has 3 fully saturated rings. The SMILES string of the molecule is CC(C)[C@@H](O)CC[C@@H](C)[C@H]1CC[C@@H]2[C@@H]1CC[C@H]1[C@H]2CC=C2C[C@@](C)(O)CC[C@@]21C. The van der Waals surface area contributed by atoms with Crippen LogP contribution in [0.15, 0.2) is 11.6 Å². The summed E-state index contributed by atoms with van der Waals surface area (Å²) < 4.78 is 0. The fourth-order valence-corrected chi connectivity index (χ4v) is 8.19. The number of fused-ring (bicyclic) bond motifs is 5. The average molecular weight is 403 g/mol. The number of hydrogen-bond acceptors (Lipinski definition) is 2. The first-order valence-electron chi connectivity index (χ1n) is 12.7. The molecule has 0 aliphatic heterocycles. The van der Waals surface area contributed by atoms with E-state index in [4.69, 9.17) is 0 Å². The van der Waals surface area contributed by atoms with Gasteiger partial charge in [0.15, 0.2) is 0 Å². The van der Waals surface area contributed by atoms with Crippen molar-refractivity contribution in [2.24, 2.45) is 46.8 Å². The first-order valence-corrected chi connectivity index (χ1v) is 12.7. The lowest BCUT2D eigenvalue weighted by Crippen LogP contribution is -2.49. The molecule has 2 N–H and O–H groups in total. The molecule has 0 amide bonds. The highest BCUT2D eigenvalue weighted by molar-refractivity contribution is 5.26. The Kier molecular flexibility index (Phi) is 6.01. The predicted molar refractivity (Wildman–Crippen MR) is 120 cm³/mol. The zero-order valence-corrected chi connectivity index (χ0v) is 19.7. The summed E-state index contributed by atoms with van der Waals surface area (Å²) in [6.45, 7) is 11.3. The second kappa shape index (κ2) is 7.97. The predicted octanol–water partition coefficient (Wildman–Crippen LogP) is 6.36. The maximum absolute atomic E-state index is 10.6. The fourth-order valence-electron chi connectivity index (χ4n) is 8.19. The van der Waals surface area contributed by atoms with Crippen molar-refractivity contribution in [3.63, 3.8) is 0 Å². The fraction of sp³-hybridized carbons (Fsp3) is 0.926. The maximum atomic E-state index is 10.6. The van der Waals surface area contributed by atoms with E-state index in [1.54, 1.807) is 5.57 Å². The van der Waals surface area contributed by atoms with Crippen LogP contribution in [0.5, 0.6) is 0 Å². The molecule has 0 aromatic rings. The monoisotopic (exact) mass is 402 g/mol. The third kappa shape index (κ3) is 3.98. The molecule has 0 unspecified atom stereocenters. The van der Waals surface area contributed by atoms with Gasteiger partial charge in [-0.2, -0.15) is 0 Å². The largest absolute Gasteiger partial charge is 0.393 e. The van der Waals surface area contributed by atoms with Gasteiger partial charge < -0.3 is 10.2 Å². The summed E-state index contributed by atoms with van der Waals surface area (Å²) in [6, 6.07) is 0. The average Bonchev–Trinajstić information content (AvgIpc) is 3.10. The lowest BCUT2D eigenvalue weighted by molar-refractivity contribution is -0.0433. The number of rotatable bonds is 5. The summed E-state index contributed by atoms with van der Waals surface area (Å²) in [5, 5.41) is 20.9. The molecule has 4 rings (SSSR count). The van der Waals surface area contributed by atoms with Crippen LogP contribution in [0, 0.1) is 46.8 Å². The van der Waals surface area contributed by atoms with E-state index in [-0.39, 0.29) is 6.10 Å². The highest BCUT2D eigenvalue weighted by Gasteiger charge is 2.55. The Labute approximate surface area is 179 Å². The molecule has 4 aliphatic carbocycles. The minimum absolute atomic E-state index is 0.129. The first kappa shape index (κ1) is 21.9. The Morgan fingerprint density at radius 1 is 0.966 bits per heavy atom. The topological polar surface area (TPSA) is 40.5 Å².